The molecule has 11 heteroatoms. The number of aromatic hydroxyl groups is 1. The van der Waals surface area contributed by atoms with Gasteiger partial charge in [-0.1, -0.05) is 29.8 Å². The van der Waals surface area contributed by atoms with Crippen LogP contribution in [0.5, 0.6) is 5.75 Å². The number of rotatable bonds is 6. The van der Waals surface area contributed by atoms with Crippen LogP contribution >= 0.6 is 11.6 Å². The van der Waals surface area contributed by atoms with E-state index in [1.54, 1.807) is 30.3 Å². The maximum Gasteiger partial charge on any atom is 0.253 e. The molecule has 5 N–H and O–H groups in total. The average molecular weight is 477 g/mol. The molecule has 0 aliphatic carbocycles. The zero-order valence-corrected chi connectivity index (χ0v) is 18.4. The number of hydrogen-bond acceptors (Lipinski definition) is 8. The fourth-order valence-corrected chi connectivity index (χ4v) is 5.85. The molecule has 168 valence electrons. The van der Waals surface area contributed by atoms with E-state index in [9.17, 15) is 23.1 Å². The lowest BCUT2D eigenvalue weighted by Gasteiger charge is -2.32. The van der Waals surface area contributed by atoms with E-state index in [1.165, 1.54) is 12.1 Å². The normalized spacial score (nSPS) is 17.4. The third-order valence-corrected chi connectivity index (χ3v) is 7.79. The number of phenolic OH excluding ortho intramolecular Hbond substituents is 1. The van der Waals surface area contributed by atoms with Crippen molar-refractivity contribution < 1.29 is 13.5 Å². The number of para-hydroxylation sites is 1. The number of anilines is 4. The molecule has 1 atom stereocenters. The van der Waals surface area contributed by atoms with Crippen molar-refractivity contribution in [2.45, 2.75) is 30.3 Å². The molecule has 0 radical (unpaired) electrons. The van der Waals surface area contributed by atoms with Crippen LogP contribution in [0.15, 0.2) is 56.9 Å². The summed E-state index contributed by atoms with van der Waals surface area (Å²) >= 11 is 6.15. The molecular formula is C21H21ClN4O5S. The smallest absolute Gasteiger partial charge is 0.253 e. The summed E-state index contributed by atoms with van der Waals surface area (Å²) in [5.74, 6) is -0.658. The first-order valence-corrected chi connectivity index (χ1v) is 11.7. The summed E-state index contributed by atoms with van der Waals surface area (Å²) in [5.41, 5.74) is 4.90. The van der Waals surface area contributed by atoms with Crippen LogP contribution in [-0.4, -0.2) is 30.5 Å². The molecule has 4 rings (SSSR count). The van der Waals surface area contributed by atoms with Crippen molar-refractivity contribution in [3.05, 3.63) is 67.9 Å². The number of sulfonamides is 1. The van der Waals surface area contributed by atoms with Crippen molar-refractivity contribution in [3.8, 4) is 5.75 Å². The molecule has 0 aromatic heterocycles. The zero-order valence-electron chi connectivity index (χ0n) is 16.8. The third-order valence-electron chi connectivity index (χ3n) is 5.36. The fraction of sp³-hybridized carbons (Fsp3) is 0.238. The minimum absolute atomic E-state index is 0.0120. The highest BCUT2D eigenvalue weighted by Crippen LogP contribution is 2.41. The van der Waals surface area contributed by atoms with E-state index in [2.05, 4.69) is 10.6 Å². The number of phenols is 1. The van der Waals surface area contributed by atoms with Gasteiger partial charge in [0.15, 0.2) is 5.75 Å². The summed E-state index contributed by atoms with van der Waals surface area (Å²) in [6, 6.07) is 11.4. The Morgan fingerprint density at radius 1 is 1.00 bits per heavy atom. The molecule has 1 aliphatic heterocycles. The molecule has 9 nitrogen and oxygen atoms in total. The van der Waals surface area contributed by atoms with Gasteiger partial charge in [-0.05, 0) is 43.5 Å². The van der Waals surface area contributed by atoms with Crippen LogP contribution in [0.4, 0.5) is 22.7 Å². The van der Waals surface area contributed by atoms with Gasteiger partial charge in [0.05, 0.1) is 16.9 Å². The first-order chi connectivity index (χ1) is 15.2. The van der Waals surface area contributed by atoms with Crippen molar-refractivity contribution in [2.24, 2.45) is 5.73 Å². The van der Waals surface area contributed by atoms with Gasteiger partial charge in [-0.2, -0.15) is 4.31 Å². The van der Waals surface area contributed by atoms with E-state index >= 15 is 0 Å². The fourth-order valence-electron chi connectivity index (χ4n) is 3.67. The quantitative estimate of drug-likeness (QED) is 0.314. The second kappa shape index (κ2) is 8.55. The molecule has 0 spiro atoms. The molecule has 1 aliphatic rings. The van der Waals surface area contributed by atoms with Crippen molar-refractivity contribution in [1.29, 1.82) is 0 Å². The Labute approximate surface area is 189 Å². The minimum atomic E-state index is -4.20. The Morgan fingerprint density at radius 3 is 2.31 bits per heavy atom. The van der Waals surface area contributed by atoms with E-state index in [0.717, 1.165) is 10.7 Å². The number of benzene rings is 2. The first-order valence-electron chi connectivity index (χ1n) is 9.93. The molecule has 0 bridgehead atoms. The predicted molar refractivity (Wildman–Crippen MR) is 123 cm³/mol. The van der Waals surface area contributed by atoms with Crippen LogP contribution in [0.2, 0.25) is 5.02 Å². The van der Waals surface area contributed by atoms with E-state index in [0.29, 0.717) is 18.5 Å². The lowest BCUT2D eigenvalue weighted by atomic mass is 10.1. The topological polar surface area (TPSA) is 142 Å². The van der Waals surface area contributed by atoms with Gasteiger partial charge in [0.1, 0.15) is 16.3 Å². The zero-order chi connectivity index (χ0) is 23.0. The van der Waals surface area contributed by atoms with Crippen molar-refractivity contribution in [2.75, 3.05) is 17.2 Å². The Bertz CT molecular complexity index is 1340. The highest BCUT2D eigenvalue weighted by Gasteiger charge is 2.36. The number of halogens is 1. The molecule has 32 heavy (non-hydrogen) atoms. The molecule has 3 aromatic carbocycles. The van der Waals surface area contributed by atoms with Crippen LogP contribution in [0.1, 0.15) is 19.3 Å². The maximum absolute atomic E-state index is 13.2. The molecule has 1 saturated heterocycles. The van der Waals surface area contributed by atoms with Gasteiger partial charge >= 0.3 is 0 Å². The molecule has 1 unspecified atom stereocenters. The van der Waals surface area contributed by atoms with Gasteiger partial charge in [0.25, 0.3) is 10.9 Å². The number of hydrogen-bond donors (Lipinski definition) is 4. The molecule has 3 aromatic rings. The number of piperidine rings is 1. The van der Waals surface area contributed by atoms with E-state index < -0.39 is 37.7 Å². The molecule has 0 amide bonds. The van der Waals surface area contributed by atoms with Gasteiger partial charge in [0.2, 0.25) is 10.0 Å². The Morgan fingerprint density at radius 2 is 1.66 bits per heavy atom. The summed E-state index contributed by atoms with van der Waals surface area (Å²) in [4.78, 5) is 23.7. The highest BCUT2D eigenvalue weighted by molar-refractivity contribution is 7.89. The molecule has 1 heterocycles. The van der Waals surface area contributed by atoms with Gasteiger partial charge < -0.3 is 21.5 Å². The minimum Gasteiger partial charge on any atom is -0.504 e. The Balaban J connectivity index is 1.70. The van der Waals surface area contributed by atoms with Crippen LogP contribution in [0, 0.1) is 0 Å². The van der Waals surface area contributed by atoms with Crippen molar-refractivity contribution in [3.63, 3.8) is 0 Å². The molecular weight excluding hydrogens is 456 g/mol. The summed E-state index contributed by atoms with van der Waals surface area (Å²) in [5, 5.41) is 16.1. The lowest BCUT2D eigenvalue weighted by molar-refractivity contribution is 0.257. The van der Waals surface area contributed by atoms with E-state index in [1.807, 2.05) is 0 Å². The average Bonchev–Trinajstić information content (AvgIpc) is 2.78. The van der Waals surface area contributed by atoms with Gasteiger partial charge in [-0.15, -0.1) is 0 Å². The summed E-state index contributed by atoms with van der Waals surface area (Å²) in [6.45, 7) is 0.209. The first kappa shape index (κ1) is 22.3. The standard InChI is InChI=1S/C21H21ClN4O5S/c22-13-9-10-14(18(27)21(13)32(30,31)26-11-5-4-8-15(26)23)25-17-16(19(28)20(17)29)24-12-6-2-1-3-7-12/h1-3,6-7,9-10,15,24-25,27H,4-5,8,11,23H2. The summed E-state index contributed by atoms with van der Waals surface area (Å²) < 4.78 is 27.5. The number of nitrogens with zero attached hydrogens (tertiary/aromatic N) is 1. The third kappa shape index (κ3) is 3.86. The Kier molecular flexibility index (Phi) is 5.95. The van der Waals surface area contributed by atoms with E-state index in [4.69, 9.17) is 17.3 Å². The van der Waals surface area contributed by atoms with Crippen molar-refractivity contribution in [1.82, 2.24) is 4.31 Å². The number of nitrogens with one attached hydrogen (secondary N) is 2. The summed E-state index contributed by atoms with van der Waals surface area (Å²) in [7, 11) is -4.20. The molecule has 0 saturated carbocycles. The summed E-state index contributed by atoms with van der Waals surface area (Å²) in [6.07, 6.45) is 1.21. The second-order valence-corrected chi connectivity index (χ2v) is 9.71. The van der Waals surface area contributed by atoms with Gasteiger partial charge in [-0.25, -0.2) is 8.42 Å². The maximum atomic E-state index is 13.2. The lowest BCUT2D eigenvalue weighted by Crippen LogP contribution is -2.48. The Hall–Kier alpha value is -2.92. The second-order valence-electron chi connectivity index (χ2n) is 7.48. The van der Waals surface area contributed by atoms with Gasteiger partial charge in [0, 0.05) is 12.2 Å². The molecule has 1 fully saturated rings. The van der Waals surface area contributed by atoms with Crippen LogP contribution in [0.25, 0.3) is 0 Å². The largest absolute Gasteiger partial charge is 0.504 e. The van der Waals surface area contributed by atoms with Gasteiger partial charge in [-0.3, -0.25) is 9.59 Å². The van der Waals surface area contributed by atoms with E-state index in [-0.39, 0.29) is 28.6 Å². The predicted octanol–water partition coefficient (Wildman–Crippen LogP) is 2.59. The van der Waals surface area contributed by atoms with Crippen LogP contribution in [0.3, 0.4) is 0 Å². The number of nitrogens with two attached hydrogens (primary N) is 1. The van der Waals surface area contributed by atoms with Crippen LogP contribution < -0.4 is 27.2 Å². The monoisotopic (exact) mass is 476 g/mol. The van der Waals surface area contributed by atoms with Crippen molar-refractivity contribution >= 4 is 44.4 Å². The van der Waals surface area contributed by atoms with Crippen LogP contribution in [-0.2, 0) is 10.0 Å². The SMILES string of the molecule is NC1CCCCN1S(=O)(=O)c1c(Cl)ccc(Nc2c(Nc3ccccc3)c(=O)c2=O)c1O. The highest BCUT2D eigenvalue weighted by atomic mass is 35.5.